The Balaban J connectivity index is 1.83. The summed E-state index contributed by atoms with van der Waals surface area (Å²) in [6, 6.07) is 6.08. The molecule has 0 atom stereocenters. The summed E-state index contributed by atoms with van der Waals surface area (Å²) >= 11 is 4.79. The lowest BCUT2D eigenvalue weighted by Gasteiger charge is -2.19. The first-order valence-electron chi connectivity index (χ1n) is 7.84. The van der Waals surface area contributed by atoms with Gasteiger partial charge < -0.3 is 4.90 Å². The van der Waals surface area contributed by atoms with Gasteiger partial charge in [-0.15, -0.1) is 0 Å². The Bertz CT molecular complexity index is 690. The Labute approximate surface area is 140 Å². The predicted octanol–water partition coefficient (Wildman–Crippen LogP) is 1.76. The fraction of sp³-hybridized carbons (Fsp3) is 0.353. The molecule has 1 saturated heterocycles. The van der Waals surface area contributed by atoms with E-state index in [4.69, 9.17) is 12.2 Å². The molecule has 2 N–H and O–H groups in total. The van der Waals surface area contributed by atoms with Crippen LogP contribution in [0.3, 0.4) is 0 Å². The maximum Gasteiger partial charge on any atom is 0.263 e. The first kappa shape index (κ1) is 15.7. The summed E-state index contributed by atoms with van der Waals surface area (Å²) in [5.41, 5.74) is 3.47. The molecule has 0 saturated carbocycles. The van der Waals surface area contributed by atoms with Crippen molar-refractivity contribution in [1.29, 1.82) is 0 Å². The maximum atomic E-state index is 11.9. The molecule has 2 aliphatic heterocycles. The quantitative estimate of drug-likeness (QED) is 0.502. The first-order valence-corrected chi connectivity index (χ1v) is 8.25. The number of nitrogens with one attached hydrogen (secondary N) is 2. The van der Waals surface area contributed by atoms with Gasteiger partial charge in [-0.05, 0) is 54.4 Å². The summed E-state index contributed by atoms with van der Waals surface area (Å²) in [6.45, 7) is 4.30. The number of hydrogen-bond donors (Lipinski definition) is 2. The molecule has 2 aliphatic rings. The van der Waals surface area contributed by atoms with Crippen LogP contribution in [0.4, 0.5) is 5.69 Å². The number of hydrogen-bond acceptors (Lipinski definition) is 4. The van der Waals surface area contributed by atoms with Crippen LogP contribution in [0.5, 0.6) is 0 Å². The summed E-state index contributed by atoms with van der Waals surface area (Å²) in [5.74, 6) is -0.910. The SMILES string of the molecule is CCCCN1CCc2cc(C=C3C(=O)NC(=S)NC3=O)ccc21. The normalized spacial score (nSPS) is 17.0. The summed E-state index contributed by atoms with van der Waals surface area (Å²) in [7, 11) is 0. The van der Waals surface area contributed by atoms with E-state index in [1.54, 1.807) is 6.08 Å². The fourth-order valence-electron chi connectivity index (χ4n) is 2.93. The maximum absolute atomic E-state index is 11.9. The standard InChI is InChI=1S/C17H19N3O2S/c1-2-3-7-20-8-6-12-9-11(4-5-14(12)20)10-13-15(21)18-17(23)19-16(13)22/h4-5,9-10H,2-3,6-8H2,1H3,(H2,18,19,21,22,23). The molecule has 0 radical (unpaired) electrons. The van der Waals surface area contributed by atoms with E-state index in [0.29, 0.717) is 0 Å². The Morgan fingerprint density at radius 1 is 1.26 bits per heavy atom. The van der Waals surface area contributed by atoms with Gasteiger partial charge in [0.25, 0.3) is 11.8 Å². The second-order valence-corrected chi connectivity index (χ2v) is 6.18. The van der Waals surface area contributed by atoms with Gasteiger partial charge in [0.2, 0.25) is 0 Å². The summed E-state index contributed by atoms with van der Waals surface area (Å²) in [5, 5.41) is 4.95. The van der Waals surface area contributed by atoms with Gasteiger partial charge in [0.05, 0.1) is 0 Å². The number of rotatable bonds is 4. The van der Waals surface area contributed by atoms with Crippen molar-refractivity contribution in [2.75, 3.05) is 18.0 Å². The topological polar surface area (TPSA) is 61.4 Å². The van der Waals surface area contributed by atoms with Crippen LogP contribution < -0.4 is 15.5 Å². The fourth-order valence-corrected chi connectivity index (χ4v) is 3.12. The van der Waals surface area contributed by atoms with Crippen LogP contribution >= 0.6 is 12.2 Å². The predicted molar refractivity (Wildman–Crippen MR) is 94.1 cm³/mol. The average molecular weight is 329 g/mol. The van der Waals surface area contributed by atoms with Crippen LogP contribution in [0, 0.1) is 0 Å². The molecule has 0 bridgehead atoms. The lowest BCUT2D eigenvalue weighted by molar-refractivity contribution is -0.123. The molecular weight excluding hydrogens is 310 g/mol. The monoisotopic (exact) mass is 329 g/mol. The molecule has 2 amide bonds. The number of thiocarbonyl (C=S) groups is 1. The van der Waals surface area contributed by atoms with Crippen LogP contribution in [0.15, 0.2) is 23.8 Å². The molecule has 6 heteroatoms. The molecule has 3 rings (SSSR count). The Morgan fingerprint density at radius 2 is 2.00 bits per heavy atom. The number of fused-ring (bicyclic) bond motifs is 1. The molecule has 1 aromatic carbocycles. The average Bonchev–Trinajstić information content (AvgIpc) is 2.91. The van der Waals surface area contributed by atoms with E-state index < -0.39 is 11.8 Å². The van der Waals surface area contributed by atoms with Gasteiger partial charge in [0, 0.05) is 18.8 Å². The zero-order valence-electron chi connectivity index (χ0n) is 13.0. The van der Waals surface area contributed by atoms with Crippen molar-refractivity contribution in [3.05, 3.63) is 34.9 Å². The van der Waals surface area contributed by atoms with Crippen LogP contribution in [0.25, 0.3) is 6.08 Å². The molecule has 1 fully saturated rings. The number of amides is 2. The van der Waals surface area contributed by atoms with Crippen LogP contribution in [0.2, 0.25) is 0 Å². The molecular formula is C17H19N3O2S. The third-order valence-corrected chi connectivity index (χ3v) is 4.34. The largest absolute Gasteiger partial charge is 0.371 e. The van der Waals surface area contributed by atoms with Crippen molar-refractivity contribution in [2.45, 2.75) is 26.2 Å². The van der Waals surface area contributed by atoms with E-state index in [1.165, 1.54) is 24.1 Å². The minimum Gasteiger partial charge on any atom is -0.371 e. The number of carbonyl (C=O) groups excluding carboxylic acids is 2. The van der Waals surface area contributed by atoms with Gasteiger partial charge in [-0.25, -0.2) is 0 Å². The van der Waals surface area contributed by atoms with Gasteiger partial charge in [-0.1, -0.05) is 19.4 Å². The molecule has 1 aromatic rings. The van der Waals surface area contributed by atoms with Crippen molar-refractivity contribution < 1.29 is 9.59 Å². The Morgan fingerprint density at radius 3 is 2.70 bits per heavy atom. The highest BCUT2D eigenvalue weighted by atomic mass is 32.1. The van der Waals surface area contributed by atoms with E-state index >= 15 is 0 Å². The smallest absolute Gasteiger partial charge is 0.263 e. The molecule has 0 aromatic heterocycles. The van der Waals surface area contributed by atoms with Gasteiger partial charge >= 0.3 is 0 Å². The first-order chi connectivity index (χ1) is 11.1. The van der Waals surface area contributed by atoms with Gasteiger partial charge in [0.15, 0.2) is 5.11 Å². The minimum atomic E-state index is -0.455. The van der Waals surface area contributed by atoms with Gasteiger partial charge in [-0.3, -0.25) is 20.2 Å². The van der Waals surface area contributed by atoms with E-state index in [1.807, 2.05) is 6.07 Å². The molecule has 0 unspecified atom stereocenters. The second-order valence-electron chi connectivity index (χ2n) is 5.77. The Kier molecular flexibility index (Phi) is 4.43. The van der Waals surface area contributed by atoms with Crippen LogP contribution in [-0.4, -0.2) is 30.0 Å². The summed E-state index contributed by atoms with van der Waals surface area (Å²) < 4.78 is 0. The minimum absolute atomic E-state index is 0.0534. The highest BCUT2D eigenvalue weighted by Crippen LogP contribution is 2.29. The molecule has 0 aliphatic carbocycles. The van der Waals surface area contributed by atoms with Gasteiger partial charge in [0.1, 0.15) is 5.57 Å². The molecule has 5 nitrogen and oxygen atoms in total. The Hall–Kier alpha value is -2.21. The van der Waals surface area contributed by atoms with E-state index in [-0.39, 0.29) is 10.7 Å². The molecule has 23 heavy (non-hydrogen) atoms. The number of nitrogens with zero attached hydrogens (tertiary/aromatic N) is 1. The van der Waals surface area contributed by atoms with Crippen molar-refractivity contribution in [2.24, 2.45) is 0 Å². The highest BCUT2D eigenvalue weighted by Gasteiger charge is 2.26. The number of anilines is 1. The number of benzene rings is 1. The van der Waals surface area contributed by atoms with Crippen molar-refractivity contribution in [3.63, 3.8) is 0 Å². The highest BCUT2D eigenvalue weighted by molar-refractivity contribution is 7.80. The van der Waals surface area contributed by atoms with Crippen molar-refractivity contribution in [3.8, 4) is 0 Å². The van der Waals surface area contributed by atoms with Crippen LogP contribution in [0.1, 0.15) is 30.9 Å². The third-order valence-electron chi connectivity index (χ3n) is 4.13. The molecule has 0 spiro atoms. The zero-order valence-corrected chi connectivity index (χ0v) is 13.8. The van der Waals surface area contributed by atoms with E-state index in [2.05, 4.69) is 34.6 Å². The summed E-state index contributed by atoms with van der Waals surface area (Å²) in [4.78, 5) is 26.2. The van der Waals surface area contributed by atoms with E-state index in [0.717, 1.165) is 25.1 Å². The molecule has 120 valence electrons. The lowest BCUT2D eigenvalue weighted by Crippen LogP contribution is -2.51. The number of carbonyl (C=O) groups is 2. The van der Waals surface area contributed by atoms with E-state index in [9.17, 15) is 9.59 Å². The van der Waals surface area contributed by atoms with Crippen LogP contribution in [-0.2, 0) is 16.0 Å². The van der Waals surface area contributed by atoms with Gasteiger partial charge in [-0.2, -0.15) is 0 Å². The second kappa shape index (κ2) is 6.50. The third kappa shape index (κ3) is 3.27. The molecule has 2 heterocycles. The lowest BCUT2D eigenvalue weighted by atomic mass is 10.0. The number of unbranched alkanes of at least 4 members (excludes halogenated alkanes) is 1. The van der Waals surface area contributed by atoms with Crippen molar-refractivity contribution >= 4 is 40.9 Å². The summed E-state index contributed by atoms with van der Waals surface area (Å²) in [6.07, 6.45) is 4.98. The zero-order chi connectivity index (χ0) is 16.4. The van der Waals surface area contributed by atoms with Crippen molar-refractivity contribution in [1.82, 2.24) is 10.6 Å².